The second-order valence-corrected chi connectivity index (χ2v) is 3.70. The maximum absolute atomic E-state index is 11.6. The molecular weight excluding hydrogens is 220 g/mol. The summed E-state index contributed by atoms with van der Waals surface area (Å²) in [6.07, 6.45) is 0.516. The SMILES string of the molecule is COC(=O)C1=C(OC)c2ccc(OC)cc2C1. The summed E-state index contributed by atoms with van der Waals surface area (Å²) in [4.78, 5) is 11.6. The Kier molecular flexibility index (Phi) is 3.04. The van der Waals surface area contributed by atoms with Crippen molar-refractivity contribution in [3.8, 4) is 5.75 Å². The molecule has 0 saturated carbocycles. The smallest absolute Gasteiger partial charge is 0.337 e. The van der Waals surface area contributed by atoms with Crippen LogP contribution >= 0.6 is 0 Å². The van der Waals surface area contributed by atoms with Crippen molar-refractivity contribution < 1.29 is 19.0 Å². The standard InChI is InChI=1S/C13H14O4/c1-15-9-4-5-10-8(6-9)7-11(12(10)16-2)13(14)17-3/h4-6H,7H2,1-3H3. The molecule has 0 fully saturated rings. The molecule has 1 aliphatic carbocycles. The number of methoxy groups -OCH3 is 3. The normalized spacial score (nSPS) is 13.4. The molecule has 2 rings (SSSR count). The van der Waals surface area contributed by atoms with Gasteiger partial charge in [0.05, 0.1) is 26.9 Å². The van der Waals surface area contributed by atoms with Gasteiger partial charge in [-0.2, -0.15) is 0 Å². The van der Waals surface area contributed by atoms with E-state index in [9.17, 15) is 4.79 Å². The van der Waals surface area contributed by atoms with Crippen LogP contribution in [-0.2, 0) is 20.7 Å². The maximum atomic E-state index is 11.6. The third-order valence-corrected chi connectivity index (χ3v) is 2.83. The lowest BCUT2D eigenvalue weighted by Crippen LogP contribution is -2.06. The van der Waals surface area contributed by atoms with Crippen molar-refractivity contribution in [1.29, 1.82) is 0 Å². The molecule has 0 heterocycles. The quantitative estimate of drug-likeness (QED) is 0.748. The van der Waals surface area contributed by atoms with Crippen molar-refractivity contribution in [2.45, 2.75) is 6.42 Å². The highest BCUT2D eigenvalue weighted by Crippen LogP contribution is 2.35. The molecular formula is C13H14O4. The summed E-state index contributed by atoms with van der Waals surface area (Å²) < 4.78 is 15.2. The van der Waals surface area contributed by atoms with Crippen molar-refractivity contribution in [3.63, 3.8) is 0 Å². The zero-order valence-corrected chi connectivity index (χ0v) is 10.1. The Bertz CT molecular complexity index is 488. The predicted octanol–water partition coefficient (Wildman–Crippen LogP) is 1.78. The van der Waals surface area contributed by atoms with Gasteiger partial charge >= 0.3 is 5.97 Å². The van der Waals surface area contributed by atoms with Crippen LogP contribution in [0.15, 0.2) is 23.8 Å². The molecule has 4 nitrogen and oxygen atoms in total. The first kappa shape index (κ1) is 11.5. The van der Waals surface area contributed by atoms with Crippen LogP contribution in [0.1, 0.15) is 11.1 Å². The van der Waals surface area contributed by atoms with Crippen molar-refractivity contribution >= 4 is 11.7 Å². The third-order valence-electron chi connectivity index (χ3n) is 2.83. The predicted molar refractivity (Wildman–Crippen MR) is 62.6 cm³/mol. The Morgan fingerprint density at radius 1 is 1.18 bits per heavy atom. The molecule has 0 aromatic heterocycles. The maximum Gasteiger partial charge on any atom is 0.337 e. The van der Waals surface area contributed by atoms with Gasteiger partial charge < -0.3 is 14.2 Å². The van der Waals surface area contributed by atoms with Gasteiger partial charge in [0.25, 0.3) is 0 Å². The first-order chi connectivity index (χ1) is 8.21. The average Bonchev–Trinajstić information content (AvgIpc) is 2.74. The van der Waals surface area contributed by atoms with E-state index in [4.69, 9.17) is 14.2 Å². The topological polar surface area (TPSA) is 44.8 Å². The van der Waals surface area contributed by atoms with Gasteiger partial charge in [0, 0.05) is 12.0 Å². The molecule has 1 aromatic rings. The van der Waals surface area contributed by atoms with Crippen LogP contribution in [0.2, 0.25) is 0 Å². The second kappa shape index (κ2) is 4.49. The zero-order chi connectivity index (χ0) is 12.4. The van der Waals surface area contributed by atoms with Gasteiger partial charge in [0.2, 0.25) is 0 Å². The van der Waals surface area contributed by atoms with Crippen molar-refractivity contribution in [2.75, 3.05) is 21.3 Å². The summed E-state index contributed by atoms with van der Waals surface area (Å²) in [7, 11) is 4.53. The van der Waals surface area contributed by atoms with Gasteiger partial charge in [0.1, 0.15) is 11.5 Å². The summed E-state index contributed by atoms with van der Waals surface area (Å²) in [6, 6.07) is 5.64. The molecule has 4 heteroatoms. The highest BCUT2D eigenvalue weighted by atomic mass is 16.5. The number of carbonyl (C=O) groups is 1. The molecule has 1 aliphatic rings. The Balaban J connectivity index is 2.44. The van der Waals surface area contributed by atoms with Gasteiger partial charge in [-0.1, -0.05) is 0 Å². The van der Waals surface area contributed by atoms with E-state index in [0.29, 0.717) is 17.8 Å². The number of hydrogen-bond acceptors (Lipinski definition) is 4. The van der Waals surface area contributed by atoms with Gasteiger partial charge in [-0.3, -0.25) is 0 Å². The molecule has 0 aliphatic heterocycles. The monoisotopic (exact) mass is 234 g/mol. The summed E-state index contributed by atoms with van der Waals surface area (Å²) in [5.74, 6) is 1.01. The molecule has 90 valence electrons. The van der Waals surface area contributed by atoms with E-state index in [2.05, 4.69) is 0 Å². The molecule has 0 unspecified atom stereocenters. The fourth-order valence-corrected chi connectivity index (χ4v) is 2.02. The Labute approximate surface area is 99.8 Å². The Morgan fingerprint density at radius 3 is 2.53 bits per heavy atom. The van der Waals surface area contributed by atoms with Crippen molar-refractivity contribution in [2.24, 2.45) is 0 Å². The first-order valence-electron chi connectivity index (χ1n) is 5.24. The summed E-state index contributed by atoms with van der Waals surface area (Å²) in [6.45, 7) is 0. The summed E-state index contributed by atoms with van der Waals surface area (Å²) >= 11 is 0. The second-order valence-electron chi connectivity index (χ2n) is 3.70. The minimum Gasteiger partial charge on any atom is -0.497 e. The minimum absolute atomic E-state index is 0.350. The minimum atomic E-state index is -0.350. The highest BCUT2D eigenvalue weighted by Gasteiger charge is 2.28. The number of hydrogen-bond donors (Lipinski definition) is 0. The number of fused-ring (bicyclic) bond motifs is 1. The van der Waals surface area contributed by atoms with E-state index in [0.717, 1.165) is 16.9 Å². The van der Waals surface area contributed by atoms with Crippen LogP contribution in [0.3, 0.4) is 0 Å². The van der Waals surface area contributed by atoms with Gasteiger partial charge in [-0.25, -0.2) is 4.79 Å². The fraction of sp³-hybridized carbons (Fsp3) is 0.308. The highest BCUT2D eigenvalue weighted by molar-refractivity contribution is 5.99. The largest absolute Gasteiger partial charge is 0.497 e. The van der Waals surface area contributed by atoms with Crippen LogP contribution in [0, 0.1) is 0 Å². The van der Waals surface area contributed by atoms with E-state index >= 15 is 0 Å². The van der Waals surface area contributed by atoms with Crippen molar-refractivity contribution in [1.82, 2.24) is 0 Å². The van der Waals surface area contributed by atoms with Crippen LogP contribution in [0.25, 0.3) is 5.76 Å². The third kappa shape index (κ3) is 1.86. The fourth-order valence-electron chi connectivity index (χ4n) is 2.02. The first-order valence-corrected chi connectivity index (χ1v) is 5.24. The molecule has 0 bridgehead atoms. The Morgan fingerprint density at radius 2 is 1.94 bits per heavy atom. The molecule has 0 spiro atoms. The number of rotatable bonds is 3. The molecule has 17 heavy (non-hydrogen) atoms. The van der Waals surface area contributed by atoms with E-state index < -0.39 is 0 Å². The zero-order valence-electron chi connectivity index (χ0n) is 10.1. The molecule has 0 atom stereocenters. The van der Waals surface area contributed by atoms with Crippen LogP contribution in [-0.4, -0.2) is 27.3 Å². The number of esters is 1. The average molecular weight is 234 g/mol. The molecule has 0 amide bonds. The lowest BCUT2D eigenvalue weighted by Gasteiger charge is -2.06. The van der Waals surface area contributed by atoms with Gasteiger partial charge in [-0.05, 0) is 23.8 Å². The number of benzene rings is 1. The van der Waals surface area contributed by atoms with Crippen LogP contribution < -0.4 is 4.74 Å². The van der Waals surface area contributed by atoms with E-state index in [1.807, 2.05) is 18.2 Å². The molecule has 0 saturated heterocycles. The molecule has 0 radical (unpaired) electrons. The number of carbonyl (C=O) groups excluding carboxylic acids is 1. The van der Waals surface area contributed by atoms with Crippen molar-refractivity contribution in [3.05, 3.63) is 34.9 Å². The summed E-state index contributed by atoms with van der Waals surface area (Å²) in [5.41, 5.74) is 2.49. The van der Waals surface area contributed by atoms with Gasteiger partial charge in [-0.15, -0.1) is 0 Å². The molecule has 0 N–H and O–H groups in total. The Hall–Kier alpha value is -1.97. The lowest BCUT2D eigenvalue weighted by atomic mass is 10.1. The lowest BCUT2D eigenvalue weighted by molar-refractivity contribution is -0.136. The number of ether oxygens (including phenoxy) is 3. The van der Waals surface area contributed by atoms with E-state index in [1.54, 1.807) is 14.2 Å². The van der Waals surface area contributed by atoms with Gasteiger partial charge in [0.15, 0.2) is 0 Å². The van der Waals surface area contributed by atoms with E-state index in [1.165, 1.54) is 7.11 Å². The summed E-state index contributed by atoms with van der Waals surface area (Å²) in [5, 5.41) is 0. The van der Waals surface area contributed by atoms with Crippen LogP contribution in [0.4, 0.5) is 0 Å². The van der Waals surface area contributed by atoms with Crippen LogP contribution in [0.5, 0.6) is 5.75 Å². The van der Waals surface area contributed by atoms with E-state index in [-0.39, 0.29) is 5.97 Å². The molecule has 1 aromatic carbocycles.